The van der Waals surface area contributed by atoms with Gasteiger partial charge in [0, 0.05) is 17.4 Å². The van der Waals surface area contributed by atoms with Gasteiger partial charge in [-0.15, -0.1) is 10.2 Å². The Labute approximate surface area is 155 Å². The fourth-order valence-electron chi connectivity index (χ4n) is 2.05. The molecule has 0 bridgehead atoms. The predicted octanol–water partition coefficient (Wildman–Crippen LogP) is 4.19. The summed E-state index contributed by atoms with van der Waals surface area (Å²) < 4.78 is 39.3. The first kappa shape index (κ1) is 18.5. The third kappa shape index (κ3) is 4.08. The molecule has 8 nitrogen and oxygen atoms in total. The van der Waals surface area contributed by atoms with Crippen molar-refractivity contribution < 1.29 is 13.2 Å². The topological polar surface area (TPSA) is 128 Å². The van der Waals surface area contributed by atoms with Gasteiger partial charge in [-0.05, 0) is 18.2 Å². The molecule has 0 aliphatic heterocycles. The highest BCUT2D eigenvalue weighted by molar-refractivity contribution is 6.30. The Hall–Kier alpha value is -3.34. The van der Waals surface area contributed by atoms with Crippen LogP contribution in [-0.2, 0) is 6.18 Å². The molecule has 0 saturated carbocycles. The second-order valence-corrected chi connectivity index (χ2v) is 5.55. The van der Waals surface area contributed by atoms with E-state index in [1.54, 1.807) is 0 Å². The van der Waals surface area contributed by atoms with Crippen LogP contribution in [0.4, 0.5) is 36.2 Å². The molecule has 0 spiro atoms. The number of hydrogen-bond donors (Lipinski definition) is 2. The molecule has 12 heteroatoms. The molecule has 0 amide bonds. The highest BCUT2D eigenvalue weighted by Gasteiger charge is 2.34. The number of hydrogen-bond acceptors (Lipinski definition) is 8. The summed E-state index contributed by atoms with van der Waals surface area (Å²) in [5.74, 6) is -0.247. The van der Waals surface area contributed by atoms with Crippen molar-refractivity contribution in [2.75, 3.05) is 11.5 Å². The lowest BCUT2D eigenvalue weighted by Gasteiger charge is -2.09. The molecule has 0 unspecified atom stereocenters. The van der Waals surface area contributed by atoms with Gasteiger partial charge < -0.3 is 11.5 Å². The van der Waals surface area contributed by atoms with E-state index in [1.807, 2.05) is 0 Å². The number of nitrogen functional groups attached to an aromatic ring is 2. The summed E-state index contributed by atoms with van der Waals surface area (Å²) in [4.78, 5) is 15.9. The smallest absolute Gasteiger partial charge is 0.382 e. The van der Waals surface area contributed by atoms with Gasteiger partial charge in [0.15, 0.2) is 23.1 Å². The number of halogens is 4. The van der Waals surface area contributed by atoms with Crippen molar-refractivity contribution in [2.45, 2.75) is 6.18 Å². The van der Waals surface area contributed by atoms with Gasteiger partial charge in [-0.3, -0.25) is 4.98 Å². The number of nitrogens with zero attached hydrogens (tertiary/aromatic N) is 6. The SMILES string of the molecule is Nc1nc(-c2cnccn2)nc(N)c1/N=N/c1ccc(Cl)cc1C(F)(F)F. The number of anilines is 2. The summed E-state index contributed by atoms with van der Waals surface area (Å²) in [7, 11) is 0. The largest absolute Gasteiger partial charge is 0.418 e. The van der Waals surface area contributed by atoms with Gasteiger partial charge in [0.1, 0.15) is 5.69 Å². The van der Waals surface area contributed by atoms with E-state index in [-0.39, 0.29) is 28.2 Å². The molecular formula is C15H10ClF3N8. The zero-order valence-electron chi connectivity index (χ0n) is 13.3. The Kier molecular flexibility index (Phi) is 4.86. The van der Waals surface area contributed by atoms with E-state index in [0.29, 0.717) is 5.69 Å². The molecule has 0 radical (unpaired) electrons. The van der Waals surface area contributed by atoms with E-state index >= 15 is 0 Å². The van der Waals surface area contributed by atoms with Crippen LogP contribution in [0.15, 0.2) is 47.0 Å². The average Bonchev–Trinajstić information content (AvgIpc) is 2.62. The van der Waals surface area contributed by atoms with Crippen molar-refractivity contribution >= 4 is 34.6 Å². The first-order valence-electron chi connectivity index (χ1n) is 7.23. The highest BCUT2D eigenvalue weighted by atomic mass is 35.5. The van der Waals surface area contributed by atoms with Crippen LogP contribution in [0.1, 0.15) is 5.56 Å². The average molecular weight is 395 g/mol. The van der Waals surface area contributed by atoms with Crippen LogP contribution in [0.25, 0.3) is 11.5 Å². The van der Waals surface area contributed by atoms with Crippen LogP contribution in [0.2, 0.25) is 5.02 Å². The summed E-state index contributed by atoms with van der Waals surface area (Å²) in [5, 5.41) is 7.19. The zero-order valence-corrected chi connectivity index (χ0v) is 14.1. The molecule has 27 heavy (non-hydrogen) atoms. The van der Waals surface area contributed by atoms with E-state index in [4.69, 9.17) is 23.1 Å². The number of benzene rings is 1. The van der Waals surface area contributed by atoms with E-state index in [1.165, 1.54) is 24.7 Å². The summed E-state index contributed by atoms with van der Waals surface area (Å²) in [6.07, 6.45) is -0.373. The third-order valence-corrected chi connectivity index (χ3v) is 3.49. The Morgan fingerprint density at radius 2 is 1.70 bits per heavy atom. The molecule has 0 aliphatic rings. The van der Waals surface area contributed by atoms with Crippen LogP contribution >= 0.6 is 11.6 Å². The van der Waals surface area contributed by atoms with Gasteiger partial charge in [-0.2, -0.15) is 13.2 Å². The summed E-state index contributed by atoms with van der Waals surface area (Å²) in [6, 6.07) is 3.08. The number of nitrogens with two attached hydrogens (primary N) is 2. The lowest BCUT2D eigenvalue weighted by atomic mass is 10.2. The van der Waals surface area contributed by atoms with Crippen molar-refractivity contribution in [2.24, 2.45) is 10.2 Å². The minimum absolute atomic E-state index is 0.0861. The molecule has 3 aromatic rings. The van der Waals surface area contributed by atoms with E-state index in [0.717, 1.165) is 12.1 Å². The first-order valence-corrected chi connectivity index (χ1v) is 7.61. The van der Waals surface area contributed by atoms with Crippen LogP contribution < -0.4 is 11.5 Å². The Morgan fingerprint density at radius 1 is 1.00 bits per heavy atom. The molecule has 2 aromatic heterocycles. The lowest BCUT2D eigenvalue weighted by molar-refractivity contribution is -0.137. The molecule has 0 atom stereocenters. The molecule has 1 aromatic carbocycles. The second-order valence-electron chi connectivity index (χ2n) is 5.12. The Balaban J connectivity index is 2.00. The van der Waals surface area contributed by atoms with Gasteiger partial charge >= 0.3 is 6.18 Å². The highest BCUT2D eigenvalue weighted by Crippen LogP contribution is 2.39. The van der Waals surface area contributed by atoms with Crippen molar-refractivity contribution in [3.8, 4) is 11.5 Å². The maximum absolute atomic E-state index is 13.1. The van der Waals surface area contributed by atoms with E-state index in [2.05, 4.69) is 30.2 Å². The van der Waals surface area contributed by atoms with Crippen molar-refractivity contribution in [3.63, 3.8) is 0 Å². The molecule has 3 rings (SSSR count). The normalized spacial score (nSPS) is 11.9. The zero-order chi connectivity index (χ0) is 19.6. The molecular weight excluding hydrogens is 385 g/mol. The van der Waals surface area contributed by atoms with Gasteiger partial charge in [0.2, 0.25) is 0 Å². The van der Waals surface area contributed by atoms with Crippen LogP contribution in [-0.4, -0.2) is 19.9 Å². The third-order valence-electron chi connectivity index (χ3n) is 3.25. The van der Waals surface area contributed by atoms with Gasteiger partial charge in [-0.1, -0.05) is 11.6 Å². The lowest BCUT2D eigenvalue weighted by Crippen LogP contribution is -2.05. The van der Waals surface area contributed by atoms with Gasteiger partial charge in [-0.25, -0.2) is 15.0 Å². The van der Waals surface area contributed by atoms with E-state index in [9.17, 15) is 13.2 Å². The predicted molar refractivity (Wildman–Crippen MR) is 92.5 cm³/mol. The fraction of sp³-hybridized carbons (Fsp3) is 0.0667. The van der Waals surface area contributed by atoms with Gasteiger partial charge in [0.05, 0.1) is 17.4 Å². The van der Waals surface area contributed by atoms with Crippen LogP contribution in [0.3, 0.4) is 0 Å². The standard InChI is InChI=1S/C15H10ClF3N8/c16-7-1-2-9(8(5-7)15(17,18)19)26-27-11-12(20)24-14(25-13(11)21)10-6-22-3-4-23-10/h1-6H,(H4,20,21,24,25)/b27-26+. The number of azo groups is 1. The minimum atomic E-state index is -4.66. The molecule has 138 valence electrons. The number of aromatic nitrogens is 4. The Morgan fingerprint density at radius 3 is 2.30 bits per heavy atom. The molecule has 0 aliphatic carbocycles. The second kappa shape index (κ2) is 7.11. The van der Waals surface area contributed by atoms with Crippen molar-refractivity contribution in [1.82, 2.24) is 19.9 Å². The first-order chi connectivity index (χ1) is 12.8. The summed E-state index contributed by atoms with van der Waals surface area (Å²) >= 11 is 5.62. The maximum Gasteiger partial charge on any atom is 0.418 e. The minimum Gasteiger partial charge on any atom is -0.382 e. The maximum atomic E-state index is 13.1. The summed E-state index contributed by atoms with van der Waals surface area (Å²) in [5.41, 5.74) is 10.2. The molecule has 2 heterocycles. The van der Waals surface area contributed by atoms with Crippen LogP contribution in [0.5, 0.6) is 0 Å². The Bertz CT molecular complexity index is 985. The molecule has 4 N–H and O–H groups in total. The number of rotatable bonds is 3. The number of alkyl halides is 3. The molecule has 0 fully saturated rings. The fourth-order valence-corrected chi connectivity index (χ4v) is 2.22. The van der Waals surface area contributed by atoms with Crippen LogP contribution in [0, 0.1) is 0 Å². The van der Waals surface area contributed by atoms with Gasteiger partial charge in [0.25, 0.3) is 0 Å². The van der Waals surface area contributed by atoms with E-state index < -0.39 is 17.4 Å². The summed E-state index contributed by atoms with van der Waals surface area (Å²) in [6.45, 7) is 0. The van der Waals surface area contributed by atoms with Crippen molar-refractivity contribution in [1.29, 1.82) is 0 Å². The quantitative estimate of drug-likeness (QED) is 0.641. The monoisotopic (exact) mass is 394 g/mol. The van der Waals surface area contributed by atoms with Crippen molar-refractivity contribution in [3.05, 3.63) is 47.4 Å². The molecule has 0 saturated heterocycles.